The summed E-state index contributed by atoms with van der Waals surface area (Å²) < 4.78 is 1.14. The summed E-state index contributed by atoms with van der Waals surface area (Å²) in [6, 6.07) is 15.2. The van der Waals surface area contributed by atoms with E-state index in [4.69, 9.17) is 5.73 Å². The Balaban J connectivity index is 1.29. The number of thiophene rings is 1. The first-order valence-corrected chi connectivity index (χ1v) is 13.3. The van der Waals surface area contributed by atoms with Gasteiger partial charge < -0.3 is 21.3 Å². The highest BCUT2D eigenvalue weighted by Gasteiger charge is 2.15. The summed E-state index contributed by atoms with van der Waals surface area (Å²) in [6.45, 7) is 7.34. The quantitative estimate of drug-likeness (QED) is 0.306. The number of nitrogens with one attached hydrogen (secondary N) is 2. The number of carbonyl (C=O) groups is 1. The number of nitrogens with two attached hydrogens (primary N) is 1. The highest BCUT2D eigenvalue weighted by molar-refractivity contribution is 7.18. The number of anilines is 3. The van der Waals surface area contributed by atoms with Crippen LogP contribution in [0.2, 0.25) is 0 Å². The number of hydrogen-bond acceptors (Lipinski definition) is 6. The molecule has 0 atom stereocenters. The van der Waals surface area contributed by atoms with Crippen molar-refractivity contribution in [2.24, 2.45) is 0 Å². The summed E-state index contributed by atoms with van der Waals surface area (Å²) in [4.78, 5) is 21.7. The highest BCUT2D eigenvalue weighted by atomic mass is 32.1. The van der Waals surface area contributed by atoms with Crippen molar-refractivity contribution in [3.63, 3.8) is 0 Å². The first-order valence-electron chi connectivity index (χ1n) is 12.4. The lowest BCUT2D eigenvalue weighted by molar-refractivity contribution is 0.167. The van der Waals surface area contributed by atoms with Crippen molar-refractivity contribution in [1.29, 1.82) is 0 Å². The first-order chi connectivity index (χ1) is 18.0. The Bertz CT molecular complexity index is 1420. The maximum Gasteiger partial charge on any atom is 0.323 e. The molecular weight excluding hydrogens is 480 g/mol. The van der Waals surface area contributed by atoms with E-state index in [0.717, 1.165) is 70.8 Å². The molecule has 2 amide bonds. The van der Waals surface area contributed by atoms with E-state index in [9.17, 15) is 4.79 Å². The van der Waals surface area contributed by atoms with Gasteiger partial charge in [0.1, 0.15) is 5.82 Å². The normalized spacial score (nSPS) is 14.9. The van der Waals surface area contributed by atoms with Gasteiger partial charge in [0.2, 0.25) is 0 Å². The summed E-state index contributed by atoms with van der Waals surface area (Å²) in [7, 11) is 2.17. The Morgan fingerprint density at radius 2 is 1.84 bits per heavy atom. The van der Waals surface area contributed by atoms with Crippen LogP contribution in [0.4, 0.5) is 22.0 Å². The zero-order chi connectivity index (χ0) is 25.8. The van der Waals surface area contributed by atoms with Gasteiger partial charge in [0.05, 0.1) is 0 Å². The minimum Gasteiger partial charge on any atom is -0.383 e. The molecular formula is C29H32N6OS. The lowest BCUT2D eigenvalue weighted by Gasteiger charge is -2.31. The Hall–Kier alpha value is -3.72. The molecule has 1 fully saturated rings. The number of benzene rings is 2. The number of aromatic nitrogens is 1. The van der Waals surface area contributed by atoms with E-state index in [1.807, 2.05) is 61.7 Å². The average Bonchev–Trinajstić information content (AvgIpc) is 3.33. The fraction of sp³-hybridized carbons (Fsp3) is 0.241. The van der Waals surface area contributed by atoms with Crippen LogP contribution in [0.15, 0.2) is 66.2 Å². The van der Waals surface area contributed by atoms with Crippen molar-refractivity contribution in [2.75, 3.05) is 56.1 Å². The minimum atomic E-state index is -0.277. The standard InChI is InChI=1S/C29H32N6OS/c1-20-5-3-7-24(17-20)33-29(36)32-23-10-8-21(9-11-23)25-19-37-27-22(18-31-28(30)26(25)27)6-4-12-35-15-13-34(2)14-16-35/h3-11,17-19H,12-16H2,1-2H3,(H2,30,31)(H2,32,33,36). The number of urea groups is 1. The second-order valence-corrected chi connectivity index (χ2v) is 10.4. The summed E-state index contributed by atoms with van der Waals surface area (Å²) >= 11 is 1.68. The highest BCUT2D eigenvalue weighted by Crippen LogP contribution is 2.39. The fourth-order valence-electron chi connectivity index (χ4n) is 4.53. The molecule has 190 valence electrons. The molecule has 37 heavy (non-hydrogen) atoms. The zero-order valence-corrected chi connectivity index (χ0v) is 22.0. The van der Waals surface area contributed by atoms with Gasteiger partial charge in [-0.3, -0.25) is 4.90 Å². The predicted octanol–water partition coefficient (Wildman–Crippen LogP) is 5.76. The van der Waals surface area contributed by atoms with E-state index in [1.165, 1.54) is 0 Å². The number of nitrogen functional groups attached to an aromatic ring is 1. The molecule has 8 heteroatoms. The fourth-order valence-corrected chi connectivity index (χ4v) is 5.61. The van der Waals surface area contributed by atoms with Gasteiger partial charge in [-0.15, -0.1) is 11.3 Å². The number of likely N-dealkylation sites (N-methyl/N-ethyl adjacent to an activating group) is 1. The lowest BCUT2D eigenvalue weighted by atomic mass is 10.0. The average molecular weight is 513 g/mol. The van der Waals surface area contributed by atoms with E-state index in [-0.39, 0.29) is 6.03 Å². The van der Waals surface area contributed by atoms with E-state index in [1.54, 1.807) is 11.3 Å². The Morgan fingerprint density at radius 1 is 1.08 bits per heavy atom. The number of fused-ring (bicyclic) bond motifs is 1. The molecule has 1 aliphatic heterocycles. The first kappa shape index (κ1) is 25.0. The monoisotopic (exact) mass is 512 g/mol. The molecule has 2 aromatic carbocycles. The van der Waals surface area contributed by atoms with Crippen LogP contribution < -0.4 is 16.4 Å². The number of pyridine rings is 1. The number of nitrogens with zero attached hydrogens (tertiary/aromatic N) is 3. The molecule has 7 nitrogen and oxygen atoms in total. The molecule has 2 aromatic heterocycles. The summed E-state index contributed by atoms with van der Waals surface area (Å²) in [5.74, 6) is 0.530. The Morgan fingerprint density at radius 3 is 2.59 bits per heavy atom. The SMILES string of the molecule is Cc1cccc(NC(=O)Nc2ccc(-c3csc4c(C=CCN5CCN(C)CC5)cnc(N)c34)cc2)c1. The Kier molecular flexibility index (Phi) is 7.50. The van der Waals surface area contributed by atoms with Crippen molar-refractivity contribution >= 4 is 50.7 Å². The number of aryl methyl sites for hydroxylation is 1. The molecule has 1 saturated heterocycles. The van der Waals surface area contributed by atoms with Gasteiger partial charge in [0, 0.05) is 71.5 Å². The van der Waals surface area contributed by atoms with Crippen LogP contribution in [-0.4, -0.2) is 60.6 Å². The van der Waals surface area contributed by atoms with Gasteiger partial charge in [-0.2, -0.15) is 0 Å². The van der Waals surface area contributed by atoms with Crippen LogP contribution in [0.25, 0.3) is 27.3 Å². The molecule has 1 aliphatic rings. The number of amides is 2. The zero-order valence-electron chi connectivity index (χ0n) is 21.2. The van der Waals surface area contributed by atoms with Gasteiger partial charge in [-0.25, -0.2) is 9.78 Å². The number of hydrogen-bond donors (Lipinski definition) is 3. The predicted molar refractivity (Wildman–Crippen MR) is 156 cm³/mol. The molecule has 0 bridgehead atoms. The smallest absolute Gasteiger partial charge is 0.323 e. The lowest BCUT2D eigenvalue weighted by Crippen LogP contribution is -2.44. The van der Waals surface area contributed by atoms with Gasteiger partial charge in [0.25, 0.3) is 0 Å². The molecule has 0 unspecified atom stereocenters. The van der Waals surface area contributed by atoms with Gasteiger partial charge >= 0.3 is 6.03 Å². The van der Waals surface area contributed by atoms with Crippen LogP contribution in [0, 0.1) is 6.92 Å². The maximum atomic E-state index is 12.4. The van der Waals surface area contributed by atoms with Crippen molar-refractivity contribution in [3.8, 4) is 11.1 Å². The Labute approximate surface area is 221 Å². The number of carbonyl (C=O) groups excluding carboxylic acids is 1. The minimum absolute atomic E-state index is 0.277. The third-order valence-corrected chi connectivity index (χ3v) is 7.67. The number of rotatable bonds is 6. The molecule has 0 saturated carbocycles. The van der Waals surface area contributed by atoms with Crippen LogP contribution in [-0.2, 0) is 0 Å². The van der Waals surface area contributed by atoms with E-state index >= 15 is 0 Å². The van der Waals surface area contributed by atoms with Crippen molar-refractivity contribution < 1.29 is 4.79 Å². The van der Waals surface area contributed by atoms with E-state index in [0.29, 0.717) is 11.5 Å². The van der Waals surface area contributed by atoms with Crippen molar-refractivity contribution in [1.82, 2.24) is 14.8 Å². The molecule has 0 radical (unpaired) electrons. The molecule has 4 aromatic rings. The van der Waals surface area contributed by atoms with Crippen molar-refractivity contribution in [3.05, 3.63) is 77.3 Å². The second kappa shape index (κ2) is 11.1. The number of piperazine rings is 1. The maximum absolute atomic E-state index is 12.4. The summed E-state index contributed by atoms with van der Waals surface area (Å²) in [6.07, 6.45) is 6.24. The van der Waals surface area contributed by atoms with Gasteiger partial charge in [-0.1, -0.05) is 36.4 Å². The second-order valence-electron chi connectivity index (χ2n) is 9.48. The van der Waals surface area contributed by atoms with E-state index in [2.05, 4.69) is 50.0 Å². The molecule has 0 aliphatic carbocycles. The van der Waals surface area contributed by atoms with E-state index < -0.39 is 0 Å². The third-order valence-electron chi connectivity index (χ3n) is 6.64. The molecule has 5 rings (SSSR count). The third kappa shape index (κ3) is 5.99. The topological polar surface area (TPSA) is 86.5 Å². The van der Waals surface area contributed by atoms with Gasteiger partial charge in [-0.05, 0) is 54.7 Å². The van der Waals surface area contributed by atoms with Crippen LogP contribution in [0.5, 0.6) is 0 Å². The summed E-state index contributed by atoms with van der Waals surface area (Å²) in [5.41, 5.74) is 12.1. The molecule has 0 spiro atoms. The van der Waals surface area contributed by atoms with Crippen LogP contribution in [0.3, 0.4) is 0 Å². The van der Waals surface area contributed by atoms with Crippen LogP contribution in [0.1, 0.15) is 11.1 Å². The summed E-state index contributed by atoms with van der Waals surface area (Å²) in [5, 5.41) is 8.87. The van der Waals surface area contributed by atoms with Gasteiger partial charge in [0.15, 0.2) is 0 Å². The van der Waals surface area contributed by atoms with Crippen LogP contribution >= 0.6 is 11.3 Å². The molecule has 3 heterocycles. The van der Waals surface area contributed by atoms with Crippen molar-refractivity contribution in [2.45, 2.75) is 6.92 Å². The largest absolute Gasteiger partial charge is 0.383 e. The molecule has 4 N–H and O–H groups in total.